The molecule has 0 unspecified atom stereocenters. The molecule has 96 valence electrons. The lowest BCUT2D eigenvalue weighted by atomic mass is 10.1. The van der Waals surface area contributed by atoms with Crippen molar-refractivity contribution in [2.45, 2.75) is 45.3 Å². The first-order chi connectivity index (χ1) is 7.78. The van der Waals surface area contributed by atoms with Crippen LogP contribution in [0.2, 0.25) is 18.1 Å². The van der Waals surface area contributed by atoms with Crippen molar-refractivity contribution in [2.75, 3.05) is 5.33 Å². The highest BCUT2D eigenvalue weighted by atomic mass is 79.9. The number of hydrogen-bond donors (Lipinski definition) is 0. The van der Waals surface area contributed by atoms with Gasteiger partial charge in [-0.3, -0.25) is 0 Å². The molecule has 0 saturated carbocycles. The van der Waals surface area contributed by atoms with E-state index < -0.39 is 8.32 Å². The average Bonchev–Trinajstić information content (AvgIpc) is 2.19. The van der Waals surface area contributed by atoms with Crippen LogP contribution < -0.4 is 4.43 Å². The van der Waals surface area contributed by atoms with Gasteiger partial charge in [0.25, 0.3) is 0 Å². The van der Waals surface area contributed by atoms with Crippen molar-refractivity contribution in [2.24, 2.45) is 0 Å². The van der Waals surface area contributed by atoms with Crippen LogP contribution in [0.25, 0.3) is 0 Å². The minimum absolute atomic E-state index is 0.245. The van der Waals surface area contributed by atoms with Gasteiger partial charge in [0.1, 0.15) is 5.75 Å². The average molecular weight is 315 g/mol. The fourth-order valence-corrected chi connectivity index (χ4v) is 2.82. The van der Waals surface area contributed by atoms with Gasteiger partial charge in [0, 0.05) is 5.33 Å². The van der Waals surface area contributed by atoms with E-state index >= 15 is 0 Å². The maximum Gasteiger partial charge on any atom is 0.250 e. The molecular weight excluding hydrogens is 292 g/mol. The van der Waals surface area contributed by atoms with Crippen LogP contribution in [0.3, 0.4) is 0 Å². The zero-order valence-electron chi connectivity index (χ0n) is 11.5. The molecule has 0 aliphatic carbocycles. The summed E-state index contributed by atoms with van der Waals surface area (Å²) >= 11 is 3.50. The van der Waals surface area contributed by atoms with E-state index in [9.17, 15) is 0 Å². The Bertz CT molecular complexity index is 369. The Labute approximate surface area is 115 Å². The van der Waals surface area contributed by atoms with Crippen LogP contribution >= 0.6 is 15.9 Å². The van der Waals surface area contributed by atoms with Crippen LogP contribution in [0.4, 0.5) is 0 Å². The van der Waals surface area contributed by atoms with Gasteiger partial charge in [-0.1, -0.05) is 54.9 Å². The van der Waals surface area contributed by atoms with Crippen molar-refractivity contribution in [3.63, 3.8) is 0 Å². The Morgan fingerprint density at radius 3 is 2.29 bits per heavy atom. The minimum atomic E-state index is -1.72. The molecule has 0 N–H and O–H groups in total. The van der Waals surface area contributed by atoms with Crippen LogP contribution in [0, 0.1) is 0 Å². The van der Waals surface area contributed by atoms with Crippen molar-refractivity contribution in [3.05, 3.63) is 29.8 Å². The smallest absolute Gasteiger partial charge is 0.250 e. The van der Waals surface area contributed by atoms with Gasteiger partial charge in [-0.05, 0) is 36.2 Å². The third-order valence-electron chi connectivity index (χ3n) is 3.51. The molecule has 0 spiro atoms. The molecule has 0 aliphatic rings. The predicted octanol–water partition coefficient (Wildman–Crippen LogP) is 5.01. The largest absolute Gasteiger partial charge is 0.543 e. The molecule has 0 aliphatic heterocycles. The molecule has 0 heterocycles. The second kappa shape index (κ2) is 5.57. The first kappa shape index (κ1) is 14.8. The number of alkyl halides is 1. The summed E-state index contributed by atoms with van der Waals surface area (Å²) in [7, 11) is -1.72. The van der Waals surface area contributed by atoms with Crippen LogP contribution in [0.1, 0.15) is 26.3 Å². The molecule has 3 heteroatoms. The van der Waals surface area contributed by atoms with Crippen LogP contribution in [0.5, 0.6) is 5.75 Å². The Hall–Kier alpha value is -0.283. The van der Waals surface area contributed by atoms with Crippen molar-refractivity contribution >= 4 is 24.2 Å². The van der Waals surface area contributed by atoms with Crippen molar-refractivity contribution in [3.8, 4) is 5.75 Å². The highest BCUT2D eigenvalue weighted by Crippen LogP contribution is 2.38. The molecule has 1 aromatic rings. The second-order valence-electron chi connectivity index (χ2n) is 5.91. The molecule has 0 bridgehead atoms. The zero-order valence-corrected chi connectivity index (χ0v) is 14.1. The molecule has 0 atom stereocenters. The second-order valence-corrected chi connectivity index (χ2v) is 11.4. The van der Waals surface area contributed by atoms with E-state index in [1.807, 2.05) is 0 Å². The first-order valence-corrected chi connectivity index (χ1v) is 10.1. The van der Waals surface area contributed by atoms with Crippen LogP contribution in [-0.4, -0.2) is 13.6 Å². The number of halogens is 1. The van der Waals surface area contributed by atoms with Gasteiger partial charge in [0.2, 0.25) is 8.32 Å². The number of rotatable bonds is 4. The third-order valence-corrected chi connectivity index (χ3v) is 8.25. The summed E-state index contributed by atoms with van der Waals surface area (Å²) in [4.78, 5) is 0. The molecular formula is C14H23BrOSi. The maximum absolute atomic E-state index is 6.37. The quantitative estimate of drug-likeness (QED) is 0.561. The molecule has 1 rings (SSSR count). The summed E-state index contributed by atoms with van der Waals surface area (Å²) in [6.45, 7) is 11.4. The number of aryl methyl sites for hydroxylation is 1. The Morgan fingerprint density at radius 1 is 1.18 bits per heavy atom. The predicted molar refractivity (Wildman–Crippen MR) is 81.8 cm³/mol. The Balaban J connectivity index is 2.95. The number of para-hydroxylation sites is 1. The lowest BCUT2D eigenvalue weighted by Crippen LogP contribution is -2.44. The van der Waals surface area contributed by atoms with Crippen LogP contribution in [0.15, 0.2) is 24.3 Å². The topological polar surface area (TPSA) is 9.23 Å². The number of hydrogen-bond acceptors (Lipinski definition) is 1. The lowest BCUT2D eigenvalue weighted by molar-refractivity contribution is 0.488. The fraction of sp³-hybridized carbons (Fsp3) is 0.571. The van der Waals surface area contributed by atoms with Crippen molar-refractivity contribution in [1.82, 2.24) is 0 Å². The van der Waals surface area contributed by atoms with Gasteiger partial charge in [-0.2, -0.15) is 0 Å². The van der Waals surface area contributed by atoms with Gasteiger partial charge >= 0.3 is 0 Å². The Kier molecular flexibility index (Phi) is 4.84. The van der Waals surface area contributed by atoms with Crippen molar-refractivity contribution < 1.29 is 4.43 Å². The highest BCUT2D eigenvalue weighted by molar-refractivity contribution is 9.09. The van der Waals surface area contributed by atoms with E-state index in [2.05, 4.69) is 74.1 Å². The standard InChI is InChI=1S/C14H23BrOSi/c1-14(2,3)17(4,5)16-13-9-7-6-8-12(13)10-11-15/h6-9H,10-11H2,1-5H3. The SMILES string of the molecule is CC(C)(C)[Si](C)(C)Oc1ccccc1CCBr. The molecule has 1 nitrogen and oxygen atoms in total. The van der Waals surface area contributed by atoms with E-state index in [0.29, 0.717) is 0 Å². The Morgan fingerprint density at radius 2 is 1.76 bits per heavy atom. The minimum Gasteiger partial charge on any atom is -0.543 e. The summed E-state index contributed by atoms with van der Waals surface area (Å²) < 4.78 is 6.37. The summed E-state index contributed by atoms with van der Waals surface area (Å²) in [5.41, 5.74) is 1.30. The van der Waals surface area contributed by atoms with Gasteiger partial charge < -0.3 is 4.43 Å². The summed E-state index contributed by atoms with van der Waals surface area (Å²) in [5, 5.41) is 1.22. The maximum atomic E-state index is 6.37. The molecule has 0 radical (unpaired) electrons. The van der Waals surface area contributed by atoms with Crippen LogP contribution in [-0.2, 0) is 6.42 Å². The summed E-state index contributed by atoms with van der Waals surface area (Å²) in [6.07, 6.45) is 1.02. The van der Waals surface area contributed by atoms with E-state index in [-0.39, 0.29) is 5.04 Å². The van der Waals surface area contributed by atoms with E-state index in [1.54, 1.807) is 0 Å². The fourth-order valence-electron chi connectivity index (χ4n) is 1.34. The van der Waals surface area contributed by atoms with Gasteiger partial charge in [0.15, 0.2) is 0 Å². The van der Waals surface area contributed by atoms with E-state index in [0.717, 1.165) is 17.5 Å². The highest BCUT2D eigenvalue weighted by Gasteiger charge is 2.39. The first-order valence-electron chi connectivity index (χ1n) is 6.11. The molecule has 0 amide bonds. The number of benzene rings is 1. The van der Waals surface area contributed by atoms with Gasteiger partial charge in [0.05, 0.1) is 0 Å². The molecule has 0 aromatic heterocycles. The lowest BCUT2D eigenvalue weighted by Gasteiger charge is -2.37. The normalized spacial score (nSPS) is 12.6. The monoisotopic (exact) mass is 314 g/mol. The van der Waals surface area contributed by atoms with E-state index in [4.69, 9.17) is 4.43 Å². The molecule has 0 fully saturated rings. The third kappa shape index (κ3) is 3.85. The summed E-state index contributed by atoms with van der Waals surface area (Å²) in [5.74, 6) is 1.07. The molecule has 1 aromatic carbocycles. The van der Waals surface area contributed by atoms with Gasteiger partial charge in [-0.25, -0.2) is 0 Å². The summed E-state index contributed by atoms with van der Waals surface area (Å²) in [6, 6.07) is 8.39. The molecule has 0 saturated heterocycles. The molecule has 17 heavy (non-hydrogen) atoms. The zero-order chi connectivity index (χ0) is 13.1. The van der Waals surface area contributed by atoms with Gasteiger partial charge in [-0.15, -0.1) is 0 Å². The van der Waals surface area contributed by atoms with E-state index in [1.165, 1.54) is 5.56 Å². The van der Waals surface area contributed by atoms with Crippen molar-refractivity contribution in [1.29, 1.82) is 0 Å².